The number of carbonyl (C=O) groups excluding carboxylic acids is 1. The van der Waals surface area contributed by atoms with Gasteiger partial charge in [-0.05, 0) is 0 Å². The monoisotopic (exact) mass is 177 g/mol. The maximum Gasteiger partial charge on any atom is 0.334 e. The molecule has 0 spiro atoms. The van der Waals surface area contributed by atoms with E-state index >= 15 is 0 Å². The van der Waals surface area contributed by atoms with Crippen molar-refractivity contribution in [2.45, 2.75) is 4.83 Å². The van der Waals surface area contributed by atoms with Crippen LogP contribution in [-0.2, 0) is 9.53 Å². The molecule has 0 saturated carbocycles. The minimum atomic E-state index is -0.826. The molecule has 8 heavy (non-hydrogen) atoms. The average molecular weight is 178 g/mol. The van der Waals surface area contributed by atoms with Gasteiger partial charge in [-0.3, -0.25) is 0 Å². The minimum Gasteiger partial charge on any atom is -0.467 e. The van der Waals surface area contributed by atoms with Gasteiger partial charge >= 0.3 is 5.97 Å². The van der Waals surface area contributed by atoms with Gasteiger partial charge in [0.25, 0.3) is 0 Å². The Morgan fingerprint density at radius 2 is 2.50 bits per heavy atom. The van der Waals surface area contributed by atoms with E-state index in [2.05, 4.69) is 20.7 Å². The summed E-state index contributed by atoms with van der Waals surface area (Å²) in [5.74, 6) is -0.562. The number of nitriles is 1. The minimum absolute atomic E-state index is 0.562. The van der Waals surface area contributed by atoms with E-state index in [9.17, 15) is 4.79 Å². The molecule has 44 valence electrons. The van der Waals surface area contributed by atoms with Crippen LogP contribution in [0.15, 0.2) is 0 Å². The maximum absolute atomic E-state index is 10.3. The quantitative estimate of drug-likeness (QED) is 0.432. The SMILES string of the molecule is COC(=O)C(Br)C#N. The number of rotatable bonds is 1. The van der Waals surface area contributed by atoms with Crippen molar-refractivity contribution in [3.63, 3.8) is 0 Å². The highest BCUT2D eigenvalue weighted by molar-refractivity contribution is 9.10. The fraction of sp³-hybridized carbons (Fsp3) is 0.500. The molecule has 0 fully saturated rings. The number of hydrogen-bond donors (Lipinski definition) is 0. The first kappa shape index (κ1) is 7.44. The summed E-state index contributed by atoms with van der Waals surface area (Å²) in [7, 11) is 1.23. The summed E-state index contributed by atoms with van der Waals surface area (Å²) < 4.78 is 4.19. The van der Waals surface area contributed by atoms with Crippen LogP contribution in [0.1, 0.15) is 0 Å². The predicted molar refractivity (Wildman–Crippen MR) is 30.3 cm³/mol. The van der Waals surface area contributed by atoms with Crippen molar-refractivity contribution < 1.29 is 9.53 Å². The van der Waals surface area contributed by atoms with Crippen LogP contribution in [0, 0.1) is 11.3 Å². The van der Waals surface area contributed by atoms with E-state index < -0.39 is 10.8 Å². The van der Waals surface area contributed by atoms with E-state index in [0.717, 1.165) is 0 Å². The number of ether oxygens (including phenoxy) is 1. The van der Waals surface area contributed by atoms with E-state index in [-0.39, 0.29) is 0 Å². The molecule has 1 unspecified atom stereocenters. The molecule has 0 aromatic carbocycles. The van der Waals surface area contributed by atoms with Gasteiger partial charge in [0, 0.05) is 0 Å². The van der Waals surface area contributed by atoms with Gasteiger partial charge in [-0.2, -0.15) is 5.26 Å². The number of methoxy groups -OCH3 is 1. The van der Waals surface area contributed by atoms with E-state index in [1.807, 2.05) is 0 Å². The lowest BCUT2D eigenvalue weighted by atomic mass is 10.5. The number of hydrogen-bond acceptors (Lipinski definition) is 3. The van der Waals surface area contributed by atoms with Gasteiger partial charge in [-0.25, -0.2) is 4.79 Å². The molecule has 0 aliphatic rings. The molecule has 3 nitrogen and oxygen atoms in total. The fourth-order valence-corrected chi connectivity index (χ4v) is 0.343. The van der Waals surface area contributed by atoms with Crippen molar-refractivity contribution in [1.82, 2.24) is 0 Å². The predicted octanol–water partition coefficient (Wildman–Crippen LogP) is 0.446. The number of carbonyl (C=O) groups is 1. The lowest BCUT2D eigenvalue weighted by molar-refractivity contribution is -0.138. The van der Waals surface area contributed by atoms with Gasteiger partial charge in [0.15, 0.2) is 4.83 Å². The first-order chi connectivity index (χ1) is 3.72. The van der Waals surface area contributed by atoms with Crippen LogP contribution in [0.2, 0.25) is 0 Å². The Hall–Kier alpha value is -0.560. The normalized spacial score (nSPS) is 11.6. The summed E-state index contributed by atoms with van der Waals surface area (Å²) in [5, 5.41) is 8.04. The number of esters is 1. The van der Waals surface area contributed by atoms with Gasteiger partial charge in [0.05, 0.1) is 13.2 Å². The zero-order chi connectivity index (χ0) is 6.57. The van der Waals surface area contributed by atoms with Crippen LogP contribution in [0.25, 0.3) is 0 Å². The zero-order valence-corrected chi connectivity index (χ0v) is 5.81. The molecule has 0 aliphatic carbocycles. The second-order valence-electron chi connectivity index (χ2n) is 1.01. The summed E-state index contributed by atoms with van der Waals surface area (Å²) in [5.41, 5.74) is 0. The number of nitrogens with zero attached hydrogens (tertiary/aromatic N) is 1. The molecule has 0 N–H and O–H groups in total. The Bertz CT molecular complexity index is 128. The van der Waals surface area contributed by atoms with E-state index in [1.165, 1.54) is 7.11 Å². The molecule has 4 heteroatoms. The lowest BCUT2D eigenvalue weighted by Crippen LogP contribution is -2.12. The standard InChI is InChI=1S/C4H4BrNO2/c1-8-4(7)3(5)2-6/h3H,1H3. The van der Waals surface area contributed by atoms with Crippen LogP contribution in [-0.4, -0.2) is 17.9 Å². The van der Waals surface area contributed by atoms with Crippen LogP contribution in [0.4, 0.5) is 0 Å². The molecule has 0 aromatic rings. The molecular formula is C4H4BrNO2. The lowest BCUT2D eigenvalue weighted by Gasteiger charge is -1.94. The van der Waals surface area contributed by atoms with Crippen molar-refractivity contribution in [2.24, 2.45) is 0 Å². The third-order valence-corrected chi connectivity index (χ3v) is 1.10. The van der Waals surface area contributed by atoms with Gasteiger partial charge in [0.2, 0.25) is 0 Å². The van der Waals surface area contributed by atoms with E-state index in [1.54, 1.807) is 6.07 Å². The highest BCUT2D eigenvalue weighted by Crippen LogP contribution is 1.97. The zero-order valence-electron chi connectivity index (χ0n) is 4.22. The molecule has 0 radical (unpaired) electrons. The largest absolute Gasteiger partial charge is 0.467 e. The second-order valence-corrected chi connectivity index (χ2v) is 1.93. The van der Waals surface area contributed by atoms with Crippen LogP contribution >= 0.6 is 15.9 Å². The smallest absolute Gasteiger partial charge is 0.334 e. The van der Waals surface area contributed by atoms with Gasteiger partial charge < -0.3 is 4.74 Å². The summed E-state index contributed by atoms with van der Waals surface area (Å²) in [4.78, 5) is 9.42. The van der Waals surface area contributed by atoms with Crippen LogP contribution in [0.3, 0.4) is 0 Å². The molecule has 0 heterocycles. The Balaban J connectivity index is 3.68. The van der Waals surface area contributed by atoms with Crippen molar-refractivity contribution in [3.05, 3.63) is 0 Å². The second kappa shape index (κ2) is 3.44. The Kier molecular flexibility index (Phi) is 3.20. The van der Waals surface area contributed by atoms with Crippen LogP contribution in [0.5, 0.6) is 0 Å². The summed E-state index contributed by atoms with van der Waals surface area (Å²) >= 11 is 2.77. The number of alkyl halides is 1. The molecule has 0 aliphatic heterocycles. The third-order valence-electron chi connectivity index (χ3n) is 0.521. The summed E-state index contributed by atoms with van der Waals surface area (Å²) in [6.45, 7) is 0. The van der Waals surface area contributed by atoms with Crippen molar-refractivity contribution in [2.75, 3.05) is 7.11 Å². The van der Waals surface area contributed by atoms with Gasteiger partial charge in [-0.1, -0.05) is 15.9 Å². The first-order valence-corrected chi connectivity index (χ1v) is 2.75. The first-order valence-electron chi connectivity index (χ1n) is 1.84. The van der Waals surface area contributed by atoms with Crippen molar-refractivity contribution in [1.29, 1.82) is 5.26 Å². The fourth-order valence-electron chi connectivity index (χ4n) is 0.156. The molecule has 0 saturated heterocycles. The number of halogens is 1. The average Bonchev–Trinajstić information content (AvgIpc) is 1.84. The molecule has 0 bridgehead atoms. The summed E-state index contributed by atoms with van der Waals surface area (Å²) in [6, 6.07) is 1.66. The Labute approximate surface area is 55.4 Å². The van der Waals surface area contributed by atoms with Gasteiger partial charge in [-0.15, -0.1) is 0 Å². The van der Waals surface area contributed by atoms with E-state index in [0.29, 0.717) is 0 Å². The highest BCUT2D eigenvalue weighted by atomic mass is 79.9. The van der Waals surface area contributed by atoms with Crippen molar-refractivity contribution >= 4 is 21.9 Å². The molecule has 0 amide bonds. The Morgan fingerprint density at radius 3 is 2.62 bits per heavy atom. The topological polar surface area (TPSA) is 50.1 Å². The maximum atomic E-state index is 10.3. The molecule has 1 atom stereocenters. The summed E-state index contributed by atoms with van der Waals surface area (Å²) in [6.07, 6.45) is 0. The van der Waals surface area contributed by atoms with E-state index in [4.69, 9.17) is 5.26 Å². The Morgan fingerprint density at radius 1 is 2.00 bits per heavy atom. The molecular weight excluding hydrogens is 174 g/mol. The van der Waals surface area contributed by atoms with Gasteiger partial charge in [0.1, 0.15) is 0 Å². The molecule has 0 aromatic heterocycles. The molecule has 0 rings (SSSR count). The van der Waals surface area contributed by atoms with Crippen LogP contribution < -0.4 is 0 Å². The highest BCUT2D eigenvalue weighted by Gasteiger charge is 2.11. The van der Waals surface area contributed by atoms with Crippen molar-refractivity contribution in [3.8, 4) is 6.07 Å². The third kappa shape index (κ3) is 1.94.